The number of aromatic nitrogens is 2. The maximum absolute atomic E-state index is 12.7. The maximum atomic E-state index is 12.7. The topological polar surface area (TPSA) is 106 Å². The Balaban J connectivity index is 1.72. The normalized spacial score (nSPS) is 18.5. The predicted octanol–water partition coefficient (Wildman–Crippen LogP) is 5.42. The van der Waals surface area contributed by atoms with Crippen molar-refractivity contribution in [1.29, 1.82) is 0 Å². The maximum Gasteiger partial charge on any atom is 0.408 e. The molecule has 2 amide bonds. The van der Waals surface area contributed by atoms with Crippen LogP contribution in [0.25, 0.3) is 11.5 Å². The molecule has 1 heterocycles. The highest BCUT2D eigenvalue weighted by atomic mass is 16.6. The van der Waals surface area contributed by atoms with E-state index in [4.69, 9.17) is 9.15 Å². The lowest BCUT2D eigenvalue weighted by Crippen LogP contribution is -2.35. The molecule has 1 aliphatic carbocycles. The zero-order valence-corrected chi connectivity index (χ0v) is 19.5. The van der Waals surface area contributed by atoms with E-state index in [1.165, 1.54) is 0 Å². The Bertz CT molecular complexity index is 1000. The van der Waals surface area contributed by atoms with E-state index in [0.29, 0.717) is 23.6 Å². The van der Waals surface area contributed by atoms with Crippen LogP contribution in [0.15, 0.2) is 54.0 Å². The number of carbonyl (C=O) groups is 2. The van der Waals surface area contributed by atoms with Crippen molar-refractivity contribution in [3.8, 4) is 11.5 Å². The van der Waals surface area contributed by atoms with Gasteiger partial charge in [0.1, 0.15) is 11.6 Å². The largest absolute Gasteiger partial charge is 0.444 e. The molecule has 0 spiro atoms. The van der Waals surface area contributed by atoms with Gasteiger partial charge in [0.25, 0.3) is 0 Å². The molecule has 1 saturated carbocycles. The monoisotopic (exact) mass is 452 g/mol. The molecule has 3 rings (SSSR count). The number of benzene rings is 1. The summed E-state index contributed by atoms with van der Waals surface area (Å²) in [5.74, 6) is 0.989. The molecule has 0 bridgehead atoms. The van der Waals surface area contributed by atoms with Gasteiger partial charge in [0, 0.05) is 5.92 Å². The third-order valence-electron chi connectivity index (χ3n) is 5.35. The van der Waals surface area contributed by atoms with E-state index >= 15 is 0 Å². The third kappa shape index (κ3) is 6.54. The first kappa shape index (κ1) is 24.2. The van der Waals surface area contributed by atoms with E-state index in [1.54, 1.807) is 39.0 Å². The van der Waals surface area contributed by atoms with Crippen LogP contribution in [0.3, 0.4) is 0 Å². The summed E-state index contributed by atoms with van der Waals surface area (Å²) in [5, 5.41) is 14.0. The van der Waals surface area contributed by atoms with Crippen LogP contribution >= 0.6 is 0 Å². The molecule has 1 atom stereocenters. The van der Waals surface area contributed by atoms with Gasteiger partial charge in [0.05, 0.1) is 11.3 Å². The highest BCUT2D eigenvalue weighted by molar-refractivity contribution is 5.96. The molecule has 0 radical (unpaired) electrons. The van der Waals surface area contributed by atoms with Gasteiger partial charge in [-0.1, -0.05) is 24.3 Å². The van der Waals surface area contributed by atoms with E-state index in [9.17, 15) is 9.59 Å². The van der Waals surface area contributed by atoms with Gasteiger partial charge < -0.3 is 19.8 Å². The fraction of sp³-hybridized carbons (Fsp3) is 0.440. The third-order valence-corrected chi connectivity index (χ3v) is 5.35. The molecule has 0 unspecified atom stereocenters. The number of carbonyl (C=O) groups excluding carboxylic acids is 2. The average molecular weight is 453 g/mol. The van der Waals surface area contributed by atoms with Gasteiger partial charge in [0.2, 0.25) is 17.7 Å². The molecular formula is C25H32N4O4. The second kappa shape index (κ2) is 10.5. The number of para-hydroxylation sites is 1. The van der Waals surface area contributed by atoms with Crippen LogP contribution in [-0.4, -0.2) is 27.8 Å². The quantitative estimate of drug-likeness (QED) is 0.492. The van der Waals surface area contributed by atoms with Gasteiger partial charge in [-0.3, -0.25) is 4.79 Å². The van der Waals surface area contributed by atoms with Crippen molar-refractivity contribution in [2.45, 2.75) is 58.1 Å². The number of nitrogens with one attached hydrogen (secondary N) is 2. The number of hydrogen-bond acceptors (Lipinski definition) is 6. The molecule has 1 aliphatic rings. The van der Waals surface area contributed by atoms with E-state index < -0.39 is 17.7 Å². The highest BCUT2D eigenvalue weighted by Gasteiger charge is 2.34. The molecular weight excluding hydrogens is 420 g/mol. The van der Waals surface area contributed by atoms with Gasteiger partial charge >= 0.3 is 6.09 Å². The number of alkyl carbamates (subject to hydrolysis) is 1. The Morgan fingerprint density at radius 3 is 2.61 bits per heavy atom. The van der Waals surface area contributed by atoms with Gasteiger partial charge in [-0.2, -0.15) is 0 Å². The van der Waals surface area contributed by atoms with Crippen LogP contribution < -0.4 is 10.6 Å². The van der Waals surface area contributed by atoms with Crippen LogP contribution in [0.5, 0.6) is 0 Å². The Hall–Kier alpha value is -3.42. The van der Waals surface area contributed by atoms with Gasteiger partial charge in [-0.15, -0.1) is 23.4 Å². The molecule has 176 valence electrons. The van der Waals surface area contributed by atoms with E-state index in [2.05, 4.69) is 34.0 Å². The Morgan fingerprint density at radius 2 is 1.94 bits per heavy atom. The Kier molecular flexibility index (Phi) is 7.68. The molecule has 2 N–H and O–H groups in total. The highest BCUT2D eigenvalue weighted by Crippen LogP contribution is 2.38. The average Bonchev–Trinajstić information content (AvgIpc) is 3.19. The number of ether oxygens (including phenoxy) is 1. The number of amides is 2. The summed E-state index contributed by atoms with van der Waals surface area (Å²) in [6, 6.07) is 6.69. The van der Waals surface area contributed by atoms with E-state index in [0.717, 1.165) is 19.3 Å². The standard InChI is InChI=1S/C25H32N4O4/c1-6-10-16-14-17(15-16)21(30)26-19-13-9-8-12-18(19)22-28-29-23(32-22)20(11-7-2)27-24(31)33-25(3,4)5/h6-9,12-13,16-17,20H,1-2,10-11,14-15H2,3-5H3,(H,26,30)(H,27,31)/t16?,17?,20-/m0/s1. The van der Waals surface area contributed by atoms with Crippen LogP contribution in [-0.2, 0) is 9.53 Å². The number of nitrogens with zero attached hydrogens (tertiary/aromatic N) is 2. The van der Waals surface area contributed by atoms with Crippen LogP contribution in [0, 0.1) is 11.8 Å². The molecule has 33 heavy (non-hydrogen) atoms. The lowest BCUT2D eigenvalue weighted by atomic mass is 9.73. The van der Waals surface area contributed by atoms with E-state index in [1.807, 2.05) is 18.2 Å². The van der Waals surface area contributed by atoms with Crippen molar-refractivity contribution in [3.05, 3.63) is 55.5 Å². The van der Waals surface area contributed by atoms with Crippen LogP contribution in [0.4, 0.5) is 10.5 Å². The number of hydrogen-bond donors (Lipinski definition) is 2. The van der Waals surface area contributed by atoms with Crippen molar-refractivity contribution in [1.82, 2.24) is 15.5 Å². The van der Waals surface area contributed by atoms with Crippen molar-refractivity contribution in [2.24, 2.45) is 11.8 Å². The molecule has 8 nitrogen and oxygen atoms in total. The summed E-state index contributed by atoms with van der Waals surface area (Å²) in [5.41, 5.74) is 0.581. The van der Waals surface area contributed by atoms with E-state index in [-0.39, 0.29) is 23.6 Å². The van der Waals surface area contributed by atoms with Gasteiger partial charge in [-0.25, -0.2) is 4.79 Å². The number of allylic oxidation sites excluding steroid dienone is 1. The van der Waals surface area contributed by atoms with Crippen molar-refractivity contribution in [3.63, 3.8) is 0 Å². The zero-order chi connectivity index (χ0) is 24.0. The van der Waals surface area contributed by atoms with Gasteiger partial charge in [0.15, 0.2) is 0 Å². The minimum absolute atomic E-state index is 0.00347. The molecule has 2 aromatic rings. The first-order valence-electron chi connectivity index (χ1n) is 11.1. The Labute approximate surface area is 194 Å². The van der Waals surface area contributed by atoms with Gasteiger partial charge in [-0.05, 0) is 64.5 Å². The smallest absolute Gasteiger partial charge is 0.408 e. The summed E-state index contributed by atoms with van der Waals surface area (Å²) in [6.07, 6.45) is 6.02. The summed E-state index contributed by atoms with van der Waals surface area (Å²) >= 11 is 0. The minimum atomic E-state index is -0.633. The molecule has 8 heteroatoms. The molecule has 0 saturated heterocycles. The first-order valence-corrected chi connectivity index (χ1v) is 11.1. The second-order valence-corrected chi connectivity index (χ2v) is 9.26. The minimum Gasteiger partial charge on any atom is -0.444 e. The van der Waals surface area contributed by atoms with Crippen molar-refractivity contribution >= 4 is 17.7 Å². The second-order valence-electron chi connectivity index (χ2n) is 9.26. The Morgan fingerprint density at radius 1 is 1.21 bits per heavy atom. The summed E-state index contributed by atoms with van der Waals surface area (Å²) in [7, 11) is 0. The predicted molar refractivity (Wildman–Crippen MR) is 126 cm³/mol. The van der Waals surface area contributed by atoms with Crippen LogP contribution in [0.2, 0.25) is 0 Å². The first-order chi connectivity index (χ1) is 15.7. The molecule has 1 aromatic heterocycles. The summed E-state index contributed by atoms with van der Waals surface area (Å²) < 4.78 is 11.2. The number of anilines is 1. The summed E-state index contributed by atoms with van der Waals surface area (Å²) in [6.45, 7) is 12.9. The summed E-state index contributed by atoms with van der Waals surface area (Å²) in [4.78, 5) is 24.9. The molecule has 0 aliphatic heterocycles. The fourth-order valence-electron chi connectivity index (χ4n) is 3.71. The number of rotatable bonds is 9. The fourth-order valence-corrected chi connectivity index (χ4v) is 3.71. The lowest BCUT2D eigenvalue weighted by molar-refractivity contribution is -0.123. The lowest BCUT2D eigenvalue weighted by Gasteiger charge is -2.33. The zero-order valence-electron chi connectivity index (χ0n) is 19.5. The molecule has 1 aromatic carbocycles. The SMILES string of the molecule is C=CCC1CC(C(=O)Nc2ccccc2-c2nnc([C@H](CC=C)NC(=O)OC(C)(C)C)o2)C1. The molecule has 1 fully saturated rings. The van der Waals surface area contributed by atoms with Crippen molar-refractivity contribution < 1.29 is 18.7 Å². The van der Waals surface area contributed by atoms with Crippen LogP contribution in [0.1, 0.15) is 58.4 Å². The van der Waals surface area contributed by atoms with Crippen molar-refractivity contribution in [2.75, 3.05) is 5.32 Å².